The van der Waals surface area contributed by atoms with Crippen LogP contribution < -0.4 is 5.32 Å². The molecule has 10 heteroatoms. The van der Waals surface area contributed by atoms with Crippen LogP contribution in [-0.2, 0) is 21.0 Å². The monoisotopic (exact) mass is 424 g/mol. The number of furan rings is 1. The van der Waals surface area contributed by atoms with Crippen LogP contribution in [0.2, 0.25) is 0 Å². The average molecular weight is 425 g/mol. The zero-order valence-electron chi connectivity index (χ0n) is 17.5. The summed E-state index contributed by atoms with van der Waals surface area (Å²) < 4.78 is 37.5. The number of amides is 1. The number of piperidine rings is 1. The van der Waals surface area contributed by atoms with E-state index in [-0.39, 0.29) is 16.3 Å². The molecule has 3 heterocycles. The van der Waals surface area contributed by atoms with Gasteiger partial charge in [0.2, 0.25) is 11.0 Å². The van der Waals surface area contributed by atoms with Gasteiger partial charge in [-0.2, -0.15) is 9.29 Å². The maximum absolute atomic E-state index is 12.7. The summed E-state index contributed by atoms with van der Waals surface area (Å²) in [6.45, 7) is 10.2. The Balaban J connectivity index is 1.75. The van der Waals surface area contributed by atoms with Crippen LogP contribution >= 0.6 is 0 Å². The molecular weight excluding hydrogens is 396 g/mol. The van der Waals surface area contributed by atoms with Gasteiger partial charge in [0.05, 0.1) is 5.54 Å². The summed E-state index contributed by atoms with van der Waals surface area (Å²) in [5, 5.41) is 6.52. The zero-order valence-corrected chi connectivity index (χ0v) is 18.3. The van der Waals surface area contributed by atoms with Crippen LogP contribution in [0.25, 0.3) is 0 Å². The van der Waals surface area contributed by atoms with Crippen molar-refractivity contribution in [3.8, 4) is 0 Å². The summed E-state index contributed by atoms with van der Waals surface area (Å²) in [5.74, 6) is 0.136. The van der Waals surface area contributed by atoms with Crippen molar-refractivity contribution < 1.29 is 22.2 Å². The van der Waals surface area contributed by atoms with Crippen LogP contribution in [0, 0.1) is 0 Å². The van der Waals surface area contributed by atoms with Gasteiger partial charge in [-0.05, 0) is 38.8 Å². The summed E-state index contributed by atoms with van der Waals surface area (Å²) >= 11 is 0. The molecule has 0 atom stereocenters. The normalized spacial score (nSPS) is 16.7. The molecule has 3 rings (SSSR count). The largest absolute Gasteiger partial charge is 0.438 e. The van der Waals surface area contributed by atoms with Crippen LogP contribution in [0.15, 0.2) is 26.2 Å². The first-order chi connectivity index (χ1) is 13.4. The molecule has 1 aliphatic heterocycles. The first kappa shape index (κ1) is 21.5. The van der Waals surface area contributed by atoms with Crippen molar-refractivity contribution in [1.29, 1.82) is 0 Å². The molecule has 0 spiro atoms. The van der Waals surface area contributed by atoms with Crippen molar-refractivity contribution in [3.05, 3.63) is 29.6 Å². The molecule has 1 fully saturated rings. The molecule has 1 saturated heterocycles. The number of hydrogen-bond donors (Lipinski definition) is 1. The second-order valence-electron chi connectivity index (χ2n) is 8.84. The second-order valence-corrected chi connectivity index (χ2v) is 10.7. The van der Waals surface area contributed by atoms with Crippen LogP contribution in [0.5, 0.6) is 0 Å². The highest BCUT2D eigenvalue weighted by molar-refractivity contribution is 7.89. The van der Waals surface area contributed by atoms with E-state index in [0.29, 0.717) is 24.8 Å². The third-order valence-electron chi connectivity index (χ3n) is 4.77. The number of nitrogens with one attached hydrogen (secondary N) is 1. The lowest BCUT2D eigenvalue weighted by molar-refractivity contribution is 0.0873. The number of carbonyl (C=O) groups is 1. The Morgan fingerprint density at radius 3 is 2.34 bits per heavy atom. The van der Waals surface area contributed by atoms with Crippen molar-refractivity contribution in [1.82, 2.24) is 19.8 Å². The average Bonchev–Trinajstić information content (AvgIpc) is 3.32. The molecule has 9 nitrogen and oxygen atoms in total. The Hall–Kier alpha value is -2.20. The third-order valence-corrected chi connectivity index (χ3v) is 6.54. The molecule has 0 unspecified atom stereocenters. The first-order valence-electron chi connectivity index (χ1n) is 9.68. The Bertz CT molecular complexity index is 978. The number of sulfonamides is 1. The molecule has 0 radical (unpaired) electrons. The van der Waals surface area contributed by atoms with Crippen molar-refractivity contribution in [2.45, 2.75) is 69.9 Å². The standard InChI is InChI=1S/C19H28N4O5S/c1-18(2,3)17-20-16(22-28-17)19(4,5)21-15(24)13-9-10-14(27-13)29(25,26)23-11-7-6-8-12-23/h9-10H,6-8,11-12H2,1-5H3,(H,21,24). The summed E-state index contributed by atoms with van der Waals surface area (Å²) in [5.41, 5.74) is -1.26. The molecule has 1 amide bonds. The molecule has 29 heavy (non-hydrogen) atoms. The molecule has 0 bridgehead atoms. The Morgan fingerprint density at radius 1 is 1.10 bits per heavy atom. The second kappa shape index (κ2) is 7.56. The van der Waals surface area contributed by atoms with E-state index in [0.717, 1.165) is 19.3 Å². The molecule has 2 aromatic rings. The predicted octanol–water partition coefficient (Wildman–Crippen LogP) is 2.80. The van der Waals surface area contributed by atoms with E-state index in [1.54, 1.807) is 13.8 Å². The highest BCUT2D eigenvalue weighted by Crippen LogP contribution is 2.26. The first-order valence-corrected chi connectivity index (χ1v) is 11.1. The van der Waals surface area contributed by atoms with Crippen molar-refractivity contribution in [3.63, 3.8) is 0 Å². The van der Waals surface area contributed by atoms with Gasteiger partial charge < -0.3 is 14.3 Å². The van der Waals surface area contributed by atoms with E-state index in [9.17, 15) is 13.2 Å². The number of rotatable bonds is 5. The third kappa shape index (κ3) is 4.53. The fourth-order valence-corrected chi connectivity index (χ4v) is 4.43. The molecule has 2 aromatic heterocycles. The number of carbonyl (C=O) groups excluding carboxylic acids is 1. The van der Waals surface area contributed by atoms with Crippen molar-refractivity contribution >= 4 is 15.9 Å². The lowest BCUT2D eigenvalue weighted by Crippen LogP contribution is -2.41. The van der Waals surface area contributed by atoms with Crippen molar-refractivity contribution in [2.75, 3.05) is 13.1 Å². The van der Waals surface area contributed by atoms with Crippen molar-refractivity contribution in [2.24, 2.45) is 0 Å². The number of nitrogens with zero attached hydrogens (tertiary/aromatic N) is 3. The minimum atomic E-state index is -3.74. The van der Waals surface area contributed by atoms with E-state index in [4.69, 9.17) is 8.94 Å². The zero-order chi connectivity index (χ0) is 21.4. The lowest BCUT2D eigenvalue weighted by Gasteiger charge is -2.24. The van der Waals surface area contributed by atoms with Gasteiger partial charge in [0, 0.05) is 18.5 Å². The smallest absolute Gasteiger partial charge is 0.287 e. The van der Waals surface area contributed by atoms with Crippen LogP contribution in [0.3, 0.4) is 0 Å². The molecule has 0 saturated carbocycles. The number of hydrogen-bond acceptors (Lipinski definition) is 7. The predicted molar refractivity (Wildman–Crippen MR) is 105 cm³/mol. The molecule has 0 aromatic carbocycles. The fourth-order valence-electron chi connectivity index (χ4n) is 3.00. The van der Waals surface area contributed by atoms with E-state index < -0.39 is 21.5 Å². The van der Waals surface area contributed by atoms with Crippen LogP contribution in [0.4, 0.5) is 0 Å². The molecule has 160 valence electrons. The van der Waals surface area contributed by atoms with Crippen LogP contribution in [-0.4, -0.2) is 41.9 Å². The molecule has 1 aliphatic rings. The maximum atomic E-state index is 12.7. The van der Waals surface area contributed by atoms with Gasteiger partial charge in [-0.25, -0.2) is 8.42 Å². The van der Waals surface area contributed by atoms with Gasteiger partial charge in [0.1, 0.15) is 0 Å². The SMILES string of the molecule is CC(C)(C)c1nc(C(C)(C)NC(=O)c2ccc(S(=O)(=O)N3CCCCC3)o2)no1. The van der Waals surface area contributed by atoms with Gasteiger partial charge in [-0.3, -0.25) is 4.79 Å². The van der Waals surface area contributed by atoms with Gasteiger partial charge in [0.25, 0.3) is 15.9 Å². The van der Waals surface area contributed by atoms with E-state index in [1.807, 2.05) is 20.8 Å². The summed E-state index contributed by atoms with van der Waals surface area (Å²) in [6.07, 6.45) is 2.66. The Labute approximate surface area is 170 Å². The molecule has 1 N–H and O–H groups in total. The van der Waals surface area contributed by atoms with E-state index in [2.05, 4.69) is 15.5 Å². The number of aromatic nitrogens is 2. The Morgan fingerprint density at radius 2 is 1.76 bits per heavy atom. The lowest BCUT2D eigenvalue weighted by atomic mass is 9.97. The summed E-state index contributed by atoms with van der Waals surface area (Å²) in [6, 6.07) is 2.68. The summed E-state index contributed by atoms with van der Waals surface area (Å²) in [4.78, 5) is 17.0. The Kier molecular flexibility index (Phi) is 5.61. The van der Waals surface area contributed by atoms with Crippen LogP contribution in [0.1, 0.15) is 76.2 Å². The topological polar surface area (TPSA) is 119 Å². The van der Waals surface area contributed by atoms with Gasteiger partial charge >= 0.3 is 0 Å². The maximum Gasteiger partial charge on any atom is 0.287 e. The minimum absolute atomic E-state index is 0.0896. The van der Waals surface area contributed by atoms with E-state index >= 15 is 0 Å². The van der Waals surface area contributed by atoms with Gasteiger partial charge in [0.15, 0.2) is 11.6 Å². The van der Waals surface area contributed by atoms with Gasteiger partial charge in [-0.15, -0.1) is 0 Å². The molecule has 0 aliphatic carbocycles. The van der Waals surface area contributed by atoms with Gasteiger partial charge in [-0.1, -0.05) is 32.3 Å². The summed E-state index contributed by atoms with van der Waals surface area (Å²) in [7, 11) is -3.74. The van der Waals surface area contributed by atoms with E-state index in [1.165, 1.54) is 16.4 Å². The fraction of sp³-hybridized carbons (Fsp3) is 0.632. The minimum Gasteiger partial charge on any atom is -0.438 e. The molecular formula is C19H28N4O5S. The highest BCUT2D eigenvalue weighted by Gasteiger charge is 2.34. The highest BCUT2D eigenvalue weighted by atomic mass is 32.2. The quantitative estimate of drug-likeness (QED) is 0.784.